The zero-order chi connectivity index (χ0) is 19.8. The molecule has 2 heterocycles. The van der Waals surface area contributed by atoms with Crippen LogP contribution in [0.5, 0.6) is 11.5 Å². The Bertz CT molecular complexity index is 1030. The number of quaternary nitrogens is 1. The van der Waals surface area contributed by atoms with E-state index in [1.807, 2.05) is 67.0 Å². The normalized spacial score (nSPS) is 27.4. The molecule has 6 heteroatoms. The molecule has 1 saturated carbocycles. The number of nitrogens with zero attached hydrogens (tertiary/aromatic N) is 3. The molecule has 1 aliphatic carbocycles. The van der Waals surface area contributed by atoms with Crippen molar-refractivity contribution in [3.63, 3.8) is 0 Å². The fourth-order valence-electron chi connectivity index (χ4n) is 4.11. The molecule has 0 bridgehead atoms. The third kappa shape index (κ3) is 3.11. The van der Waals surface area contributed by atoms with Crippen molar-refractivity contribution in [3.05, 3.63) is 84.0 Å². The third-order valence-electron chi connectivity index (χ3n) is 5.79. The summed E-state index contributed by atoms with van der Waals surface area (Å²) in [5.74, 6) is 9.78. The lowest BCUT2D eigenvalue weighted by atomic mass is 9.73. The van der Waals surface area contributed by atoms with Crippen LogP contribution in [0.2, 0.25) is 0 Å². The van der Waals surface area contributed by atoms with E-state index in [1.165, 1.54) is 0 Å². The SMILES string of the molecule is N[N+]12C=CN=CC1=C(C1CC(CO)C1)N=C2c1ccc(Oc2ccccc2)cc1. The predicted molar refractivity (Wildman–Crippen MR) is 112 cm³/mol. The number of benzene rings is 2. The summed E-state index contributed by atoms with van der Waals surface area (Å²) in [6.07, 6.45) is 7.26. The quantitative estimate of drug-likeness (QED) is 0.606. The zero-order valence-electron chi connectivity index (χ0n) is 16.0. The Labute approximate surface area is 169 Å². The van der Waals surface area contributed by atoms with E-state index in [2.05, 4.69) is 4.99 Å². The first-order chi connectivity index (χ1) is 14.2. The lowest BCUT2D eigenvalue weighted by molar-refractivity contribution is -0.750. The number of aliphatic hydroxyl groups excluding tert-OH is 1. The van der Waals surface area contributed by atoms with E-state index < -0.39 is 0 Å². The molecule has 1 atom stereocenters. The third-order valence-corrected chi connectivity index (χ3v) is 5.79. The first-order valence-electron chi connectivity index (χ1n) is 9.84. The van der Waals surface area contributed by atoms with E-state index in [0.717, 1.165) is 47.1 Å². The second-order valence-electron chi connectivity index (χ2n) is 7.72. The van der Waals surface area contributed by atoms with Gasteiger partial charge >= 0.3 is 0 Å². The molecule has 2 aliphatic heterocycles. The van der Waals surface area contributed by atoms with Gasteiger partial charge in [-0.25, -0.2) is 0 Å². The van der Waals surface area contributed by atoms with Gasteiger partial charge in [0.15, 0.2) is 0 Å². The molecule has 1 fully saturated rings. The summed E-state index contributed by atoms with van der Waals surface area (Å²) >= 11 is 0. The number of rotatable bonds is 5. The number of aliphatic imine (C=N–C) groups is 2. The Balaban J connectivity index is 1.43. The minimum atomic E-state index is 0.0258. The van der Waals surface area contributed by atoms with E-state index >= 15 is 0 Å². The van der Waals surface area contributed by atoms with E-state index in [-0.39, 0.29) is 11.2 Å². The maximum atomic E-state index is 9.36. The number of para-hydroxylation sites is 1. The minimum absolute atomic E-state index is 0.0258. The molecule has 146 valence electrons. The number of aliphatic hydroxyl groups is 1. The van der Waals surface area contributed by atoms with E-state index in [0.29, 0.717) is 11.8 Å². The molecule has 5 rings (SSSR count). The Morgan fingerprint density at radius 2 is 1.76 bits per heavy atom. The van der Waals surface area contributed by atoms with Gasteiger partial charge < -0.3 is 9.84 Å². The minimum Gasteiger partial charge on any atom is -0.457 e. The van der Waals surface area contributed by atoms with Crippen molar-refractivity contribution >= 4 is 12.1 Å². The topological polar surface area (TPSA) is 80.2 Å². The number of fused-ring (bicyclic) bond motifs is 1. The number of hydrogen-bond donors (Lipinski definition) is 2. The predicted octanol–water partition coefficient (Wildman–Crippen LogP) is 3.72. The lowest BCUT2D eigenvalue weighted by Crippen LogP contribution is -2.53. The van der Waals surface area contributed by atoms with Crippen LogP contribution in [-0.2, 0) is 0 Å². The summed E-state index contributed by atoms with van der Waals surface area (Å²) in [6, 6.07) is 17.5. The van der Waals surface area contributed by atoms with Gasteiger partial charge in [-0.2, -0.15) is 10.8 Å². The van der Waals surface area contributed by atoms with Gasteiger partial charge in [0, 0.05) is 12.5 Å². The van der Waals surface area contributed by atoms with Crippen LogP contribution in [0.3, 0.4) is 0 Å². The molecular weight excluding hydrogens is 364 g/mol. The molecule has 3 N–H and O–H groups in total. The number of allylic oxidation sites excluding steroid dienone is 2. The van der Waals surface area contributed by atoms with Crippen LogP contribution in [0.4, 0.5) is 0 Å². The number of amidine groups is 1. The van der Waals surface area contributed by atoms with Crippen molar-refractivity contribution in [2.75, 3.05) is 6.61 Å². The van der Waals surface area contributed by atoms with Crippen molar-refractivity contribution in [3.8, 4) is 11.5 Å². The molecule has 2 aromatic carbocycles. The van der Waals surface area contributed by atoms with E-state index in [1.54, 1.807) is 6.20 Å². The van der Waals surface area contributed by atoms with Crippen molar-refractivity contribution < 1.29 is 14.4 Å². The van der Waals surface area contributed by atoms with Crippen LogP contribution in [0.15, 0.2) is 88.4 Å². The Morgan fingerprint density at radius 1 is 1.03 bits per heavy atom. The van der Waals surface area contributed by atoms with Gasteiger partial charge in [0.25, 0.3) is 5.84 Å². The van der Waals surface area contributed by atoms with Crippen molar-refractivity contribution in [1.82, 2.24) is 0 Å². The number of nitrogens with two attached hydrogens (primary N) is 1. The van der Waals surface area contributed by atoms with Gasteiger partial charge in [-0.05, 0) is 55.2 Å². The van der Waals surface area contributed by atoms with Crippen LogP contribution >= 0.6 is 0 Å². The molecule has 29 heavy (non-hydrogen) atoms. The lowest BCUT2D eigenvalue weighted by Gasteiger charge is -2.33. The monoisotopic (exact) mass is 387 g/mol. The summed E-state index contributed by atoms with van der Waals surface area (Å²) in [4.78, 5) is 9.24. The highest BCUT2D eigenvalue weighted by atomic mass is 16.5. The summed E-state index contributed by atoms with van der Waals surface area (Å²) in [5, 5.41) is 9.36. The highest BCUT2D eigenvalue weighted by Gasteiger charge is 2.47. The fraction of sp³-hybridized carbons (Fsp3) is 0.217. The smallest absolute Gasteiger partial charge is 0.264 e. The second kappa shape index (κ2) is 7.08. The van der Waals surface area contributed by atoms with Crippen molar-refractivity contribution in [2.45, 2.75) is 12.8 Å². The molecule has 6 nitrogen and oxygen atoms in total. The summed E-state index contributed by atoms with van der Waals surface area (Å²) in [5.41, 5.74) is 2.84. The van der Waals surface area contributed by atoms with Gasteiger partial charge in [-0.15, -0.1) is 4.59 Å². The number of hydrogen-bond acceptors (Lipinski definition) is 5. The molecule has 0 radical (unpaired) electrons. The van der Waals surface area contributed by atoms with Crippen LogP contribution < -0.4 is 10.6 Å². The fourth-order valence-corrected chi connectivity index (χ4v) is 4.11. The van der Waals surface area contributed by atoms with Crippen LogP contribution in [0.25, 0.3) is 0 Å². The molecule has 0 amide bonds. The zero-order valence-corrected chi connectivity index (χ0v) is 16.0. The van der Waals surface area contributed by atoms with Gasteiger partial charge in [0.2, 0.25) is 5.70 Å². The Hall–Kier alpha value is -3.06. The maximum absolute atomic E-state index is 9.36. The second-order valence-corrected chi connectivity index (χ2v) is 7.72. The van der Waals surface area contributed by atoms with Gasteiger partial charge in [-0.1, -0.05) is 18.2 Å². The maximum Gasteiger partial charge on any atom is 0.264 e. The summed E-state index contributed by atoms with van der Waals surface area (Å²) in [7, 11) is 0. The molecule has 0 saturated heterocycles. The average Bonchev–Trinajstić information content (AvgIpc) is 3.02. The van der Waals surface area contributed by atoms with Crippen molar-refractivity contribution in [1.29, 1.82) is 0 Å². The highest BCUT2D eigenvalue weighted by Crippen LogP contribution is 2.44. The van der Waals surface area contributed by atoms with E-state index in [4.69, 9.17) is 15.6 Å². The largest absolute Gasteiger partial charge is 0.457 e. The number of ether oxygens (including phenoxy) is 1. The van der Waals surface area contributed by atoms with E-state index in [9.17, 15) is 5.11 Å². The van der Waals surface area contributed by atoms with Crippen LogP contribution in [-0.4, -0.2) is 28.4 Å². The summed E-state index contributed by atoms with van der Waals surface area (Å²) in [6.45, 7) is 0.231. The van der Waals surface area contributed by atoms with Crippen LogP contribution in [0, 0.1) is 11.8 Å². The Kier molecular flexibility index (Phi) is 4.39. The molecule has 0 aromatic heterocycles. The van der Waals surface area contributed by atoms with Gasteiger partial charge in [0.05, 0.1) is 18.0 Å². The van der Waals surface area contributed by atoms with Crippen LogP contribution in [0.1, 0.15) is 18.4 Å². The van der Waals surface area contributed by atoms with Gasteiger partial charge in [-0.3, -0.25) is 4.99 Å². The molecule has 2 aromatic rings. The van der Waals surface area contributed by atoms with Gasteiger partial charge in [0.1, 0.15) is 23.4 Å². The highest BCUT2D eigenvalue weighted by molar-refractivity contribution is 6.00. The van der Waals surface area contributed by atoms with Crippen molar-refractivity contribution in [2.24, 2.45) is 27.7 Å². The first-order valence-corrected chi connectivity index (χ1v) is 9.84. The molecule has 1 unspecified atom stereocenters. The average molecular weight is 387 g/mol. The summed E-state index contributed by atoms with van der Waals surface area (Å²) < 4.78 is 5.92. The molecular formula is C23H23N4O2+. The molecule has 0 spiro atoms. The first kappa shape index (κ1) is 18.0. The Morgan fingerprint density at radius 3 is 2.48 bits per heavy atom. The molecule has 3 aliphatic rings. The standard InChI is InChI=1S/C23H23N4O2/c24-27-11-10-25-14-21(27)22(18-12-16(13-18)15-28)26-23(27)17-6-8-20(9-7-17)29-19-4-2-1-3-5-19/h1-11,14,16,18,28H,12-13,15,24H2/q+1.